The number of amides is 1. The van der Waals surface area contributed by atoms with E-state index in [9.17, 15) is 4.79 Å². The molecule has 0 bridgehead atoms. The van der Waals surface area contributed by atoms with Crippen LogP contribution in [0.15, 0.2) is 36.0 Å². The van der Waals surface area contributed by atoms with Crippen molar-refractivity contribution in [2.24, 2.45) is 0 Å². The van der Waals surface area contributed by atoms with Gasteiger partial charge in [0.2, 0.25) is 5.91 Å². The summed E-state index contributed by atoms with van der Waals surface area (Å²) in [6.45, 7) is 6.24. The summed E-state index contributed by atoms with van der Waals surface area (Å²) >= 11 is 13.5. The van der Waals surface area contributed by atoms with E-state index in [-0.39, 0.29) is 5.91 Å². The Balaban J connectivity index is 1.89. The number of aryl methyl sites for hydroxylation is 1. The zero-order valence-corrected chi connectivity index (χ0v) is 14.9. The summed E-state index contributed by atoms with van der Waals surface area (Å²) < 4.78 is 1.94. The van der Waals surface area contributed by atoms with Gasteiger partial charge in [-0.3, -0.25) is 4.79 Å². The highest BCUT2D eigenvalue weighted by Crippen LogP contribution is 2.30. The number of thioether (sulfide) groups is 1. The Kier molecular flexibility index (Phi) is 6.50. The third-order valence-electron chi connectivity index (χ3n) is 3.00. The molecule has 0 aliphatic carbocycles. The van der Waals surface area contributed by atoms with Gasteiger partial charge < -0.3 is 9.88 Å². The molecule has 1 aromatic heterocycles. The van der Waals surface area contributed by atoms with Crippen LogP contribution in [0.3, 0.4) is 0 Å². The second-order valence-electron chi connectivity index (χ2n) is 4.67. The van der Waals surface area contributed by atoms with Crippen molar-refractivity contribution in [1.29, 1.82) is 0 Å². The minimum Gasteiger partial charge on any atom is -0.324 e. The van der Waals surface area contributed by atoms with Gasteiger partial charge in [0.15, 0.2) is 5.16 Å². The molecule has 1 heterocycles. The molecule has 0 aliphatic heterocycles. The lowest BCUT2D eigenvalue weighted by atomic mass is 10.3. The first-order chi connectivity index (χ1) is 11.0. The van der Waals surface area contributed by atoms with Gasteiger partial charge in [-0.15, -0.1) is 16.8 Å². The molecule has 0 aliphatic rings. The van der Waals surface area contributed by atoms with Crippen molar-refractivity contribution in [3.8, 4) is 0 Å². The number of halogens is 2. The largest absolute Gasteiger partial charge is 0.324 e. The first kappa shape index (κ1) is 17.8. The van der Waals surface area contributed by atoms with Gasteiger partial charge in [0.25, 0.3) is 0 Å². The smallest absolute Gasteiger partial charge is 0.225 e. The molecule has 122 valence electrons. The molecule has 1 N–H and O–H groups in total. The first-order valence-corrected chi connectivity index (χ1v) is 8.64. The van der Waals surface area contributed by atoms with E-state index in [0.717, 1.165) is 11.0 Å². The van der Waals surface area contributed by atoms with Crippen LogP contribution in [-0.4, -0.2) is 26.4 Å². The van der Waals surface area contributed by atoms with Gasteiger partial charge >= 0.3 is 0 Å². The predicted molar refractivity (Wildman–Crippen MR) is 95.4 cm³/mol. The monoisotopic (exact) mass is 370 g/mol. The SMILES string of the molecule is C=CCn1c(C)nnc1SCCC(=O)Nc1c(Cl)cccc1Cl. The average molecular weight is 371 g/mol. The Labute approximate surface area is 149 Å². The van der Waals surface area contributed by atoms with E-state index in [2.05, 4.69) is 22.1 Å². The van der Waals surface area contributed by atoms with Crippen LogP contribution in [0.2, 0.25) is 10.0 Å². The molecule has 0 saturated carbocycles. The van der Waals surface area contributed by atoms with Crippen molar-refractivity contribution in [3.05, 3.63) is 46.7 Å². The number of hydrogen-bond donors (Lipinski definition) is 1. The van der Waals surface area contributed by atoms with Crippen LogP contribution >= 0.6 is 35.0 Å². The summed E-state index contributed by atoms with van der Waals surface area (Å²) in [5, 5.41) is 12.5. The quantitative estimate of drug-likeness (QED) is 0.585. The van der Waals surface area contributed by atoms with Crippen LogP contribution in [0, 0.1) is 6.92 Å². The van der Waals surface area contributed by atoms with Gasteiger partial charge in [-0.2, -0.15) is 0 Å². The number of benzene rings is 1. The molecule has 2 aromatic rings. The normalized spacial score (nSPS) is 10.6. The fraction of sp³-hybridized carbons (Fsp3) is 0.267. The summed E-state index contributed by atoms with van der Waals surface area (Å²) in [6.07, 6.45) is 2.10. The molecule has 1 amide bonds. The van der Waals surface area contributed by atoms with Crippen molar-refractivity contribution < 1.29 is 4.79 Å². The van der Waals surface area contributed by atoms with Crippen LogP contribution in [0.1, 0.15) is 12.2 Å². The number of carbonyl (C=O) groups excluding carboxylic acids is 1. The van der Waals surface area contributed by atoms with Crippen LogP contribution in [0.4, 0.5) is 5.69 Å². The second-order valence-corrected chi connectivity index (χ2v) is 6.55. The number of hydrogen-bond acceptors (Lipinski definition) is 4. The molecule has 0 spiro atoms. The highest BCUT2D eigenvalue weighted by molar-refractivity contribution is 7.99. The molecular weight excluding hydrogens is 355 g/mol. The standard InChI is InChI=1S/C15H16Cl2N4OS/c1-3-8-21-10(2)19-20-15(21)23-9-7-13(22)18-14-11(16)5-4-6-12(14)17/h3-6H,1,7-9H2,2H3,(H,18,22). The van der Waals surface area contributed by atoms with Crippen molar-refractivity contribution in [2.75, 3.05) is 11.1 Å². The maximum Gasteiger partial charge on any atom is 0.225 e. The summed E-state index contributed by atoms with van der Waals surface area (Å²) in [5.74, 6) is 1.24. The van der Waals surface area contributed by atoms with Gasteiger partial charge in [-0.05, 0) is 19.1 Å². The van der Waals surface area contributed by atoms with Gasteiger partial charge in [-0.25, -0.2) is 0 Å². The Bertz CT molecular complexity index is 697. The topological polar surface area (TPSA) is 59.8 Å². The number of nitrogens with zero attached hydrogens (tertiary/aromatic N) is 3. The zero-order valence-electron chi connectivity index (χ0n) is 12.6. The second kappa shape index (κ2) is 8.38. The lowest BCUT2D eigenvalue weighted by Crippen LogP contribution is -2.13. The highest BCUT2D eigenvalue weighted by atomic mass is 35.5. The molecule has 5 nitrogen and oxygen atoms in total. The number of rotatable bonds is 7. The number of aromatic nitrogens is 3. The number of anilines is 1. The minimum absolute atomic E-state index is 0.154. The first-order valence-electron chi connectivity index (χ1n) is 6.90. The summed E-state index contributed by atoms with van der Waals surface area (Å²) in [6, 6.07) is 5.08. The van der Waals surface area contributed by atoms with E-state index < -0.39 is 0 Å². The Morgan fingerprint density at radius 3 is 2.74 bits per heavy atom. The molecular formula is C15H16Cl2N4OS. The van der Waals surface area contributed by atoms with Crippen LogP contribution < -0.4 is 5.32 Å². The molecule has 2 rings (SSSR count). The van der Waals surface area contributed by atoms with Crippen LogP contribution in [-0.2, 0) is 11.3 Å². The van der Waals surface area contributed by atoms with E-state index in [4.69, 9.17) is 23.2 Å². The van der Waals surface area contributed by atoms with Crippen molar-refractivity contribution in [3.63, 3.8) is 0 Å². The highest BCUT2D eigenvalue weighted by Gasteiger charge is 2.12. The molecule has 0 saturated heterocycles. The van der Waals surface area contributed by atoms with E-state index in [1.54, 1.807) is 24.3 Å². The van der Waals surface area contributed by atoms with Gasteiger partial charge in [0.1, 0.15) is 5.82 Å². The van der Waals surface area contributed by atoms with E-state index in [1.165, 1.54) is 11.8 Å². The predicted octanol–water partition coefficient (Wildman–Crippen LogP) is 4.20. The van der Waals surface area contributed by atoms with Crippen molar-refractivity contribution >= 4 is 46.6 Å². The maximum absolute atomic E-state index is 12.0. The van der Waals surface area contributed by atoms with E-state index in [1.807, 2.05) is 11.5 Å². The summed E-state index contributed by atoms with van der Waals surface area (Å²) in [7, 11) is 0. The molecule has 8 heteroatoms. The number of nitrogens with one attached hydrogen (secondary N) is 1. The van der Waals surface area contributed by atoms with Crippen molar-refractivity contribution in [1.82, 2.24) is 14.8 Å². The fourth-order valence-corrected chi connectivity index (χ4v) is 3.28. The molecule has 1 aromatic carbocycles. The lowest BCUT2D eigenvalue weighted by molar-refractivity contribution is -0.115. The minimum atomic E-state index is -0.154. The van der Waals surface area contributed by atoms with E-state index >= 15 is 0 Å². The molecule has 0 unspecified atom stereocenters. The van der Waals surface area contributed by atoms with Gasteiger partial charge in [0.05, 0.1) is 15.7 Å². The van der Waals surface area contributed by atoms with Gasteiger partial charge in [0, 0.05) is 18.7 Å². The third-order valence-corrected chi connectivity index (χ3v) is 4.60. The maximum atomic E-state index is 12.0. The fourth-order valence-electron chi connectivity index (χ4n) is 1.86. The Morgan fingerprint density at radius 1 is 1.39 bits per heavy atom. The summed E-state index contributed by atoms with van der Waals surface area (Å²) in [4.78, 5) is 12.0. The lowest BCUT2D eigenvalue weighted by Gasteiger charge is -2.09. The molecule has 0 radical (unpaired) electrons. The van der Waals surface area contributed by atoms with Gasteiger partial charge in [-0.1, -0.05) is 47.1 Å². The number of para-hydroxylation sites is 1. The van der Waals surface area contributed by atoms with Crippen LogP contribution in [0.5, 0.6) is 0 Å². The third kappa shape index (κ3) is 4.73. The Hall–Kier alpha value is -1.50. The van der Waals surface area contributed by atoms with Crippen molar-refractivity contribution in [2.45, 2.75) is 25.0 Å². The molecule has 23 heavy (non-hydrogen) atoms. The van der Waals surface area contributed by atoms with E-state index in [0.29, 0.717) is 34.5 Å². The molecule has 0 fully saturated rings. The zero-order chi connectivity index (χ0) is 16.8. The molecule has 0 atom stereocenters. The summed E-state index contributed by atoms with van der Waals surface area (Å²) in [5.41, 5.74) is 0.441. The van der Waals surface area contributed by atoms with Crippen LogP contribution in [0.25, 0.3) is 0 Å². The number of allylic oxidation sites excluding steroid dienone is 1. The number of carbonyl (C=O) groups is 1. The Morgan fingerprint density at radius 2 is 2.09 bits per heavy atom. The average Bonchev–Trinajstić information content (AvgIpc) is 2.85.